The molecule has 5 nitrogen and oxygen atoms in total. The Bertz CT molecular complexity index is 631. The van der Waals surface area contributed by atoms with Gasteiger partial charge in [0.15, 0.2) is 5.82 Å². The van der Waals surface area contributed by atoms with Crippen LogP contribution < -0.4 is 5.32 Å². The zero-order valence-electron chi connectivity index (χ0n) is 12.4. The van der Waals surface area contributed by atoms with Crippen molar-refractivity contribution >= 4 is 5.82 Å². The van der Waals surface area contributed by atoms with Crippen LogP contribution in [0.3, 0.4) is 0 Å². The number of anilines is 1. The molecule has 0 bridgehead atoms. The van der Waals surface area contributed by atoms with Crippen LogP contribution >= 0.6 is 0 Å². The number of pyridine rings is 1. The van der Waals surface area contributed by atoms with Gasteiger partial charge in [-0.3, -0.25) is 4.98 Å². The largest absolute Gasteiger partial charge is 0.367 e. The lowest BCUT2D eigenvalue weighted by atomic mass is 10.0. The predicted octanol–water partition coefficient (Wildman–Crippen LogP) is 2.52. The molecule has 2 heterocycles. The van der Waals surface area contributed by atoms with Crippen LogP contribution in [0.5, 0.6) is 0 Å². The molecule has 0 saturated carbocycles. The molecule has 0 unspecified atom stereocenters. The van der Waals surface area contributed by atoms with Gasteiger partial charge in [0.1, 0.15) is 11.6 Å². The first-order valence-corrected chi connectivity index (χ1v) is 7.22. The van der Waals surface area contributed by atoms with Gasteiger partial charge in [-0.25, -0.2) is 0 Å². The molecule has 0 aliphatic carbocycles. The second kappa shape index (κ2) is 7.34. The van der Waals surface area contributed by atoms with E-state index in [1.165, 1.54) is 0 Å². The van der Waals surface area contributed by atoms with Crippen LogP contribution in [0.2, 0.25) is 0 Å². The quantitative estimate of drug-likeness (QED) is 0.880. The zero-order valence-corrected chi connectivity index (χ0v) is 12.4. The SMILES string of the molecule is CCc1nnc(NCCc2ccccn2)c(C#N)c1CC. The van der Waals surface area contributed by atoms with Crippen molar-refractivity contribution < 1.29 is 0 Å². The van der Waals surface area contributed by atoms with Gasteiger partial charge in [-0.15, -0.1) is 5.10 Å². The van der Waals surface area contributed by atoms with Gasteiger partial charge in [0.2, 0.25) is 0 Å². The molecule has 0 atom stereocenters. The summed E-state index contributed by atoms with van der Waals surface area (Å²) in [6.07, 6.45) is 4.14. The predicted molar refractivity (Wildman–Crippen MR) is 81.9 cm³/mol. The summed E-state index contributed by atoms with van der Waals surface area (Å²) in [5.74, 6) is 0.572. The van der Waals surface area contributed by atoms with Crippen molar-refractivity contribution in [2.45, 2.75) is 33.1 Å². The molecule has 0 aromatic carbocycles. The Morgan fingerprint density at radius 1 is 1.19 bits per heavy atom. The molecule has 2 aromatic heterocycles. The van der Waals surface area contributed by atoms with Crippen molar-refractivity contribution in [3.05, 3.63) is 46.9 Å². The van der Waals surface area contributed by atoms with Crippen molar-refractivity contribution in [2.24, 2.45) is 0 Å². The molecule has 0 radical (unpaired) electrons. The van der Waals surface area contributed by atoms with Crippen LogP contribution in [-0.2, 0) is 19.3 Å². The Kier molecular flexibility index (Phi) is 5.22. The summed E-state index contributed by atoms with van der Waals surface area (Å²) in [5, 5.41) is 21.0. The van der Waals surface area contributed by atoms with Gasteiger partial charge in [-0.1, -0.05) is 19.9 Å². The number of hydrogen-bond acceptors (Lipinski definition) is 5. The number of nitriles is 1. The van der Waals surface area contributed by atoms with E-state index in [0.29, 0.717) is 17.9 Å². The molecular formula is C16H19N5. The van der Waals surface area contributed by atoms with E-state index in [9.17, 15) is 5.26 Å². The number of nitrogens with one attached hydrogen (secondary N) is 1. The van der Waals surface area contributed by atoms with Crippen LogP contribution in [0.1, 0.15) is 36.4 Å². The highest BCUT2D eigenvalue weighted by Gasteiger charge is 2.13. The molecule has 0 fully saturated rings. The van der Waals surface area contributed by atoms with E-state index < -0.39 is 0 Å². The summed E-state index contributed by atoms with van der Waals surface area (Å²) < 4.78 is 0. The molecule has 2 rings (SSSR count). The number of hydrogen-bond donors (Lipinski definition) is 1. The molecule has 0 saturated heterocycles. The summed E-state index contributed by atoms with van der Waals surface area (Å²) in [5.41, 5.74) is 3.53. The fourth-order valence-electron chi connectivity index (χ4n) is 2.27. The van der Waals surface area contributed by atoms with E-state index in [0.717, 1.165) is 36.2 Å². The van der Waals surface area contributed by atoms with Gasteiger partial charge in [0.05, 0.1) is 5.69 Å². The van der Waals surface area contributed by atoms with Gasteiger partial charge >= 0.3 is 0 Å². The lowest BCUT2D eigenvalue weighted by Gasteiger charge is -2.11. The van der Waals surface area contributed by atoms with E-state index in [-0.39, 0.29) is 0 Å². The molecule has 0 aliphatic heterocycles. The Labute approximate surface area is 125 Å². The number of aromatic nitrogens is 3. The van der Waals surface area contributed by atoms with E-state index in [1.807, 2.05) is 32.0 Å². The molecule has 108 valence electrons. The fraction of sp³-hybridized carbons (Fsp3) is 0.375. The summed E-state index contributed by atoms with van der Waals surface area (Å²) in [6, 6.07) is 8.10. The van der Waals surface area contributed by atoms with E-state index in [2.05, 4.69) is 26.6 Å². The minimum Gasteiger partial charge on any atom is -0.367 e. The Morgan fingerprint density at radius 2 is 2.05 bits per heavy atom. The first-order valence-electron chi connectivity index (χ1n) is 7.22. The smallest absolute Gasteiger partial charge is 0.166 e. The topological polar surface area (TPSA) is 74.5 Å². The summed E-state index contributed by atoms with van der Waals surface area (Å²) in [6.45, 7) is 4.74. The first kappa shape index (κ1) is 14.9. The van der Waals surface area contributed by atoms with Crippen molar-refractivity contribution in [1.82, 2.24) is 15.2 Å². The second-order valence-electron chi connectivity index (χ2n) is 4.67. The summed E-state index contributed by atoms with van der Waals surface area (Å²) in [4.78, 5) is 4.27. The Morgan fingerprint density at radius 3 is 2.67 bits per heavy atom. The lowest BCUT2D eigenvalue weighted by molar-refractivity contribution is 0.862. The highest BCUT2D eigenvalue weighted by molar-refractivity contribution is 5.56. The van der Waals surface area contributed by atoms with E-state index >= 15 is 0 Å². The van der Waals surface area contributed by atoms with Gasteiger partial charge < -0.3 is 5.32 Å². The standard InChI is InChI=1S/C16H19N5/c1-3-13-14(11-17)16(21-20-15(13)4-2)19-10-8-12-7-5-6-9-18-12/h5-7,9H,3-4,8,10H2,1-2H3,(H,19,21). The van der Waals surface area contributed by atoms with Crippen molar-refractivity contribution in [2.75, 3.05) is 11.9 Å². The van der Waals surface area contributed by atoms with Crippen LogP contribution in [0.15, 0.2) is 24.4 Å². The molecule has 0 amide bonds. The Balaban J connectivity index is 2.12. The monoisotopic (exact) mass is 281 g/mol. The molecular weight excluding hydrogens is 262 g/mol. The van der Waals surface area contributed by atoms with E-state index in [4.69, 9.17) is 0 Å². The number of aryl methyl sites for hydroxylation is 1. The normalized spacial score (nSPS) is 10.1. The maximum atomic E-state index is 9.40. The molecule has 21 heavy (non-hydrogen) atoms. The first-order chi connectivity index (χ1) is 10.3. The average molecular weight is 281 g/mol. The highest BCUT2D eigenvalue weighted by atomic mass is 15.2. The molecule has 5 heteroatoms. The summed E-state index contributed by atoms with van der Waals surface area (Å²) >= 11 is 0. The maximum Gasteiger partial charge on any atom is 0.166 e. The fourth-order valence-corrected chi connectivity index (χ4v) is 2.27. The Hall–Kier alpha value is -2.48. The minimum atomic E-state index is 0.572. The molecule has 2 aromatic rings. The van der Waals surface area contributed by atoms with Crippen LogP contribution in [0.25, 0.3) is 0 Å². The van der Waals surface area contributed by atoms with Crippen LogP contribution in [0.4, 0.5) is 5.82 Å². The molecule has 1 N–H and O–H groups in total. The number of nitrogens with zero attached hydrogens (tertiary/aromatic N) is 4. The van der Waals surface area contributed by atoms with Crippen molar-refractivity contribution in [3.63, 3.8) is 0 Å². The highest BCUT2D eigenvalue weighted by Crippen LogP contribution is 2.19. The van der Waals surface area contributed by atoms with Crippen LogP contribution in [0, 0.1) is 11.3 Å². The maximum absolute atomic E-state index is 9.40. The third-order valence-electron chi connectivity index (χ3n) is 3.36. The molecule has 0 spiro atoms. The van der Waals surface area contributed by atoms with Gasteiger partial charge in [-0.2, -0.15) is 10.4 Å². The zero-order chi connectivity index (χ0) is 15.1. The third-order valence-corrected chi connectivity index (χ3v) is 3.36. The van der Waals surface area contributed by atoms with E-state index in [1.54, 1.807) is 6.20 Å². The number of rotatable bonds is 6. The van der Waals surface area contributed by atoms with Gasteiger partial charge in [-0.05, 0) is 30.5 Å². The van der Waals surface area contributed by atoms with Crippen molar-refractivity contribution in [3.8, 4) is 6.07 Å². The van der Waals surface area contributed by atoms with Crippen molar-refractivity contribution in [1.29, 1.82) is 5.26 Å². The lowest BCUT2D eigenvalue weighted by Crippen LogP contribution is -2.12. The average Bonchev–Trinajstić information content (AvgIpc) is 2.55. The minimum absolute atomic E-state index is 0.572. The van der Waals surface area contributed by atoms with Crippen LogP contribution in [-0.4, -0.2) is 21.7 Å². The molecule has 0 aliphatic rings. The van der Waals surface area contributed by atoms with Gasteiger partial charge in [0, 0.05) is 24.9 Å². The van der Waals surface area contributed by atoms with Gasteiger partial charge in [0.25, 0.3) is 0 Å². The third kappa shape index (κ3) is 3.54. The second-order valence-corrected chi connectivity index (χ2v) is 4.67. The summed E-state index contributed by atoms with van der Waals surface area (Å²) in [7, 11) is 0.